The van der Waals surface area contributed by atoms with E-state index < -0.39 is 11.5 Å². The lowest BCUT2D eigenvalue weighted by Crippen LogP contribution is -2.50. The highest BCUT2D eigenvalue weighted by atomic mass is 32.1. The number of aliphatic carboxylic acids is 1. The fourth-order valence-electron chi connectivity index (χ4n) is 1.22. The van der Waals surface area contributed by atoms with E-state index in [-0.39, 0.29) is 11.8 Å². The lowest BCUT2D eigenvalue weighted by molar-refractivity contribution is -0.147. The fraction of sp³-hybridized carbons (Fsp3) is 0.583. The van der Waals surface area contributed by atoms with E-state index in [0.717, 1.165) is 5.01 Å². The summed E-state index contributed by atoms with van der Waals surface area (Å²) in [6.45, 7) is 6.99. The lowest BCUT2D eigenvalue weighted by Gasteiger charge is -2.30. The van der Waals surface area contributed by atoms with Crippen molar-refractivity contribution in [3.05, 3.63) is 16.1 Å². The standard InChI is InChI=1S/C12H18N2O3S/c1-7(2)9-13-6-8(18-9)10(15)14(5)12(3,4)11(16)17/h6-7H,1-5H3,(H,16,17). The van der Waals surface area contributed by atoms with Gasteiger partial charge in [0, 0.05) is 13.0 Å². The molecular formula is C12H18N2O3S. The molecule has 0 spiro atoms. The molecule has 1 heterocycles. The Hall–Kier alpha value is -1.43. The summed E-state index contributed by atoms with van der Waals surface area (Å²) in [6.07, 6.45) is 1.51. The first kappa shape index (κ1) is 14.6. The van der Waals surface area contributed by atoms with Crippen LogP contribution in [0, 0.1) is 0 Å². The molecule has 0 aliphatic rings. The summed E-state index contributed by atoms with van der Waals surface area (Å²) in [4.78, 5) is 29.1. The largest absolute Gasteiger partial charge is 0.480 e. The van der Waals surface area contributed by atoms with Crippen molar-refractivity contribution in [2.24, 2.45) is 0 Å². The Balaban J connectivity index is 2.96. The van der Waals surface area contributed by atoms with Gasteiger partial charge in [-0.1, -0.05) is 13.8 Å². The van der Waals surface area contributed by atoms with Gasteiger partial charge in [-0.05, 0) is 13.8 Å². The van der Waals surface area contributed by atoms with Crippen LogP contribution in [0.25, 0.3) is 0 Å². The number of rotatable bonds is 4. The van der Waals surface area contributed by atoms with Gasteiger partial charge in [-0.3, -0.25) is 4.79 Å². The molecule has 0 bridgehead atoms. The average molecular weight is 270 g/mol. The Bertz CT molecular complexity index is 466. The minimum atomic E-state index is -1.24. The zero-order chi connectivity index (χ0) is 14.1. The number of carbonyl (C=O) groups is 2. The van der Waals surface area contributed by atoms with Gasteiger partial charge in [0.1, 0.15) is 10.4 Å². The van der Waals surface area contributed by atoms with Crippen molar-refractivity contribution in [1.29, 1.82) is 0 Å². The second-order valence-electron chi connectivity index (χ2n) is 4.95. The third-order valence-electron chi connectivity index (χ3n) is 2.89. The maximum Gasteiger partial charge on any atom is 0.329 e. The van der Waals surface area contributed by atoms with Crippen molar-refractivity contribution in [2.45, 2.75) is 39.2 Å². The number of nitrogens with zero attached hydrogens (tertiary/aromatic N) is 2. The van der Waals surface area contributed by atoms with E-state index in [1.54, 1.807) is 0 Å². The van der Waals surface area contributed by atoms with Crippen LogP contribution in [0.5, 0.6) is 0 Å². The Morgan fingerprint density at radius 3 is 2.39 bits per heavy atom. The summed E-state index contributed by atoms with van der Waals surface area (Å²) in [7, 11) is 1.49. The van der Waals surface area contributed by atoms with E-state index >= 15 is 0 Å². The topological polar surface area (TPSA) is 70.5 Å². The Morgan fingerprint density at radius 1 is 1.44 bits per heavy atom. The van der Waals surface area contributed by atoms with Crippen LogP contribution in [-0.4, -0.2) is 39.5 Å². The number of carbonyl (C=O) groups excluding carboxylic acids is 1. The molecule has 0 radical (unpaired) electrons. The Kier molecular flexibility index (Phi) is 4.11. The highest BCUT2D eigenvalue weighted by Gasteiger charge is 2.36. The lowest BCUT2D eigenvalue weighted by atomic mass is 10.0. The van der Waals surface area contributed by atoms with Gasteiger partial charge in [0.15, 0.2) is 0 Å². The first-order valence-corrected chi connectivity index (χ1v) is 6.46. The minimum Gasteiger partial charge on any atom is -0.480 e. The van der Waals surface area contributed by atoms with E-state index in [0.29, 0.717) is 4.88 Å². The van der Waals surface area contributed by atoms with Crippen LogP contribution in [0.1, 0.15) is 48.3 Å². The van der Waals surface area contributed by atoms with Crippen LogP contribution < -0.4 is 0 Å². The maximum absolute atomic E-state index is 12.2. The van der Waals surface area contributed by atoms with Gasteiger partial charge in [-0.25, -0.2) is 9.78 Å². The van der Waals surface area contributed by atoms with Gasteiger partial charge >= 0.3 is 5.97 Å². The molecule has 1 aromatic rings. The molecule has 1 aromatic heterocycles. The number of thiazole rings is 1. The third kappa shape index (κ3) is 2.69. The molecule has 1 amide bonds. The summed E-state index contributed by atoms with van der Waals surface area (Å²) >= 11 is 1.31. The molecule has 0 aliphatic carbocycles. The van der Waals surface area contributed by atoms with E-state index in [2.05, 4.69) is 4.98 Å². The van der Waals surface area contributed by atoms with Crippen molar-refractivity contribution in [1.82, 2.24) is 9.88 Å². The van der Waals surface area contributed by atoms with E-state index in [1.807, 2.05) is 13.8 Å². The van der Waals surface area contributed by atoms with E-state index in [9.17, 15) is 9.59 Å². The molecule has 0 aliphatic heterocycles. The molecule has 18 heavy (non-hydrogen) atoms. The van der Waals surface area contributed by atoms with Crippen LogP contribution in [0.4, 0.5) is 0 Å². The average Bonchev–Trinajstić information content (AvgIpc) is 2.76. The van der Waals surface area contributed by atoms with Crippen LogP contribution in [0.3, 0.4) is 0 Å². The maximum atomic E-state index is 12.2. The van der Waals surface area contributed by atoms with Gasteiger partial charge in [0.25, 0.3) is 5.91 Å². The van der Waals surface area contributed by atoms with Gasteiger partial charge in [0.05, 0.1) is 11.2 Å². The van der Waals surface area contributed by atoms with Crippen LogP contribution >= 0.6 is 11.3 Å². The molecule has 0 aromatic carbocycles. The number of amides is 1. The summed E-state index contributed by atoms with van der Waals surface area (Å²) in [6, 6.07) is 0. The molecule has 0 saturated carbocycles. The second kappa shape index (κ2) is 5.06. The van der Waals surface area contributed by atoms with Crippen molar-refractivity contribution in [2.75, 3.05) is 7.05 Å². The smallest absolute Gasteiger partial charge is 0.329 e. The van der Waals surface area contributed by atoms with E-state index in [1.165, 1.54) is 43.3 Å². The number of hydrogen-bond donors (Lipinski definition) is 1. The first-order valence-electron chi connectivity index (χ1n) is 5.65. The summed E-state index contributed by atoms with van der Waals surface area (Å²) in [5.74, 6) is -1.09. The highest BCUT2D eigenvalue weighted by Crippen LogP contribution is 2.24. The molecule has 1 N–H and O–H groups in total. The normalized spacial score (nSPS) is 11.7. The fourth-order valence-corrected chi connectivity index (χ4v) is 2.11. The number of carboxylic acid groups (broad SMARTS) is 1. The summed E-state index contributed by atoms with van der Waals surface area (Å²) in [5.41, 5.74) is -1.24. The van der Waals surface area contributed by atoms with Gasteiger partial charge in [-0.2, -0.15) is 0 Å². The van der Waals surface area contributed by atoms with Gasteiger partial charge < -0.3 is 10.0 Å². The van der Waals surface area contributed by atoms with Gasteiger partial charge in [0.2, 0.25) is 0 Å². The Morgan fingerprint density at radius 2 is 2.00 bits per heavy atom. The van der Waals surface area contributed by atoms with Crippen molar-refractivity contribution < 1.29 is 14.7 Å². The number of likely N-dealkylation sites (N-methyl/N-ethyl adjacent to an activating group) is 1. The van der Waals surface area contributed by atoms with E-state index in [4.69, 9.17) is 5.11 Å². The number of carboxylic acids is 1. The molecule has 0 saturated heterocycles. The first-order chi connectivity index (χ1) is 8.17. The van der Waals surface area contributed by atoms with Crippen molar-refractivity contribution in [3.63, 3.8) is 0 Å². The third-order valence-corrected chi connectivity index (χ3v) is 4.18. The number of hydrogen-bond acceptors (Lipinski definition) is 4. The predicted octanol–water partition coefficient (Wildman–Crippen LogP) is 2.20. The molecule has 0 unspecified atom stereocenters. The van der Waals surface area contributed by atoms with Crippen molar-refractivity contribution in [3.8, 4) is 0 Å². The predicted molar refractivity (Wildman–Crippen MR) is 70.0 cm³/mol. The minimum absolute atomic E-state index is 0.259. The van der Waals surface area contributed by atoms with Gasteiger partial charge in [-0.15, -0.1) is 11.3 Å². The molecule has 5 nitrogen and oxygen atoms in total. The molecule has 1 rings (SSSR count). The SMILES string of the molecule is CC(C)c1ncc(C(=O)N(C)C(C)(C)C(=O)O)s1. The molecule has 0 fully saturated rings. The van der Waals surface area contributed by atoms with Crippen LogP contribution in [0.2, 0.25) is 0 Å². The monoisotopic (exact) mass is 270 g/mol. The number of aromatic nitrogens is 1. The summed E-state index contributed by atoms with van der Waals surface area (Å²) < 4.78 is 0. The molecule has 6 heteroatoms. The van der Waals surface area contributed by atoms with Crippen LogP contribution in [0.15, 0.2) is 6.20 Å². The zero-order valence-electron chi connectivity index (χ0n) is 11.2. The van der Waals surface area contributed by atoms with Crippen molar-refractivity contribution >= 4 is 23.2 Å². The Labute approximate surface area is 110 Å². The van der Waals surface area contributed by atoms with Crippen LogP contribution in [-0.2, 0) is 4.79 Å². The zero-order valence-corrected chi connectivity index (χ0v) is 12.0. The molecular weight excluding hydrogens is 252 g/mol. The quantitative estimate of drug-likeness (QED) is 0.910. The molecule has 0 atom stereocenters. The summed E-state index contributed by atoms with van der Waals surface area (Å²) in [5, 5.41) is 9.97. The molecule has 100 valence electrons. The highest BCUT2D eigenvalue weighted by molar-refractivity contribution is 7.13. The second-order valence-corrected chi connectivity index (χ2v) is 6.01.